The molecule has 1 fully saturated rings. The van der Waals surface area contributed by atoms with Crippen molar-refractivity contribution in [3.05, 3.63) is 134 Å². The van der Waals surface area contributed by atoms with Crippen LogP contribution in [0.25, 0.3) is 6.08 Å². The SMILES string of the molecule is CCc1ccc(N=C2S/C(=C\c3ccc(OCc4ccc([N+](=O)[O-])cc4)cc3)C(=O)N2c2ccc(CC)cc2)cc1. The molecule has 0 N–H and O–H groups in total. The maximum Gasteiger partial charge on any atom is 0.271 e. The predicted molar refractivity (Wildman–Crippen MR) is 166 cm³/mol. The third-order valence-electron chi connectivity index (χ3n) is 6.71. The van der Waals surface area contributed by atoms with E-state index in [1.54, 1.807) is 17.0 Å². The number of ether oxygens (including phenoxy) is 1. The summed E-state index contributed by atoms with van der Waals surface area (Å²) in [6.07, 6.45) is 3.74. The quantitative estimate of drug-likeness (QED) is 0.117. The van der Waals surface area contributed by atoms with Crippen LogP contribution in [0.15, 0.2) is 107 Å². The van der Waals surface area contributed by atoms with Crippen LogP contribution in [0.3, 0.4) is 0 Å². The largest absolute Gasteiger partial charge is 0.489 e. The second kappa shape index (κ2) is 12.7. The van der Waals surface area contributed by atoms with Gasteiger partial charge >= 0.3 is 0 Å². The summed E-state index contributed by atoms with van der Waals surface area (Å²) in [5.74, 6) is 0.535. The van der Waals surface area contributed by atoms with Gasteiger partial charge in [0.25, 0.3) is 11.6 Å². The first-order chi connectivity index (χ1) is 19.9. The highest BCUT2D eigenvalue weighted by atomic mass is 32.2. The molecule has 0 unspecified atom stereocenters. The van der Waals surface area contributed by atoms with Crippen LogP contribution in [0, 0.1) is 10.1 Å². The number of amidine groups is 1. The number of non-ortho nitro benzene ring substituents is 1. The topological polar surface area (TPSA) is 85.0 Å². The van der Waals surface area contributed by atoms with Crippen molar-refractivity contribution in [2.24, 2.45) is 4.99 Å². The number of anilines is 1. The minimum absolute atomic E-state index is 0.0459. The Kier molecular flexibility index (Phi) is 8.60. The van der Waals surface area contributed by atoms with Crippen molar-refractivity contribution in [1.29, 1.82) is 0 Å². The number of nitrogens with zero attached hydrogens (tertiary/aromatic N) is 3. The molecule has 0 bridgehead atoms. The van der Waals surface area contributed by atoms with Crippen LogP contribution in [0.4, 0.5) is 17.1 Å². The van der Waals surface area contributed by atoms with Gasteiger partial charge in [-0.3, -0.25) is 19.8 Å². The van der Waals surface area contributed by atoms with Crippen molar-refractivity contribution >= 4 is 46.0 Å². The fourth-order valence-corrected chi connectivity index (χ4v) is 5.27. The Morgan fingerprint density at radius 3 is 2.00 bits per heavy atom. The normalized spacial score (nSPS) is 15.1. The van der Waals surface area contributed by atoms with E-state index in [-0.39, 0.29) is 18.2 Å². The van der Waals surface area contributed by atoms with Gasteiger partial charge < -0.3 is 4.74 Å². The summed E-state index contributed by atoms with van der Waals surface area (Å²) < 4.78 is 5.84. The lowest BCUT2D eigenvalue weighted by Crippen LogP contribution is -2.28. The summed E-state index contributed by atoms with van der Waals surface area (Å²) in [5, 5.41) is 11.5. The molecular formula is C33H29N3O4S. The number of benzene rings is 4. The number of amides is 1. The Labute approximate surface area is 243 Å². The Hall–Kier alpha value is -4.69. The maximum absolute atomic E-state index is 13.6. The lowest BCUT2D eigenvalue weighted by Gasteiger charge is -2.16. The zero-order valence-corrected chi connectivity index (χ0v) is 23.6. The van der Waals surface area contributed by atoms with Crippen molar-refractivity contribution < 1.29 is 14.5 Å². The van der Waals surface area contributed by atoms with E-state index in [0.717, 1.165) is 35.3 Å². The highest BCUT2D eigenvalue weighted by Gasteiger charge is 2.34. The first-order valence-electron chi connectivity index (χ1n) is 13.4. The van der Waals surface area contributed by atoms with E-state index in [9.17, 15) is 14.9 Å². The predicted octanol–water partition coefficient (Wildman–Crippen LogP) is 8.11. The minimum atomic E-state index is -0.426. The van der Waals surface area contributed by atoms with Crippen LogP contribution in [-0.4, -0.2) is 16.0 Å². The highest BCUT2D eigenvalue weighted by Crippen LogP contribution is 2.37. The van der Waals surface area contributed by atoms with E-state index in [1.165, 1.54) is 35.0 Å². The fourth-order valence-electron chi connectivity index (χ4n) is 4.27. The molecule has 0 aliphatic carbocycles. The Morgan fingerprint density at radius 2 is 1.41 bits per heavy atom. The van der Waals surface area contributed by atoms with E-state index >= 15 is 0 Å². The zero-order valence-electron chi connectivity index (χ0n) is 22.8. The zero-order chi connectivity index (χ0) is 28.8. The maximum atomic E-state index is 13.6. The number of carbonyl (C=O) groups excluding carboxylic acids is 1. The number of aryl methyl sites for hydroxylation is 2. The number of hydrogen-bond acceptors (Lipinski definition) is 6. The molecular weight excluding hydrogens is 534 g/mol. The van der Waals surface area contributed by atoms with Crippen molar-refractivity contribution in [2.75, 3.05) is 4.90 Å². The fraction of sp³-hybridized carbons (Fsp3) is 0.152. The number of carbonyl (C=O) groups is 1. The number of thioether (sulfide) groups is 1. The van der Waals surface area contributed by atoms with Crippen LogP contribution in [0.1, 0.15) is 36.1 Å². The minimum Gasteiger partial charge on any atom is -0.489 e. The van der Waals surface area contributed by atoms with Gasteiger partial charge in [-0.15, -0.1) is 0 Å². The third kappa shape index (κ3) is 6.73. The number of nitro benzene ring substituents is 1. The van der Waals surface area contributed by atoms with E-state index in [0.29, 0.717) is 15.8 Å². The molecule has 41 heavy (non-hydrogen) atoms. The molecule has 1 saturated heterocycles. The summed E-state index contributed by atoms with van der Waals surface area (Å²) in [4.78, 5) is 31.2. The van der Waals surface area contributed by atoms with Crippen LogP contribution >= 0.6 is 11.8 Å². The lowest BCUT2D eigenvalue weighted by atomic mass is 10.1. The van der Waals surface area contributed by atoms with Crippen molar-refractivity contribution in [1.82, 2.24) is 0 Å². The van der Waals surface area contributed by atoms with Crippen LogP contribution in [-0.2, 0) is 24.2 Å². The number of nitro groups is 1. The van der Waals surface area contributed by atoms with Gasteiger partial charge in [0, 0.05) is 12.1 Å². The van der Waals surface area contributed by atoms with E-state index in [1.807, 2.05) is 66.7 Å². The highest BCUT2D eigenvalue weighted by molar-refractivity contribution is 8.19. The van der Waals surface area contributed by atoms with Gasteiger partial charge in [0.05, 0.1) is 21.2 Å². The molecule has 1 heterocycles. The lowest BCUT2D eigenvalue weighted by molar-refractivity contribution is -0.384. The molecule has 1 aliphatic heterocycles. The molecule has 1 amide bonds. The standard InChI is InChI=1S/C33H29N3O4S/c1-3-23-5-13-27(14-6-23)34-33-35(28-15-7-24(4-2)8-16-28)32(37)31(41-33)21-25-11-19-30(20-12-25)40-22-26-9-17-29(18-10-26)36(38)39/h5-21H,3-4,22H2,1-2H3/b31-21-,34-33?. The third-order valence-corrected chi connectivity index (χ3v) is 7.68. The molecule has 8 heteroatoms. The monoisotopic (exact) mass is 563 g/mol. The number of rotatable bonds is 9. The first-order valence-corrected chi connectivity index (χ1v) is 14.2. The number of hydrogen-bond donors (Lipinski definition) is 0. The van der Waals surface area contributed by atoms with Gasteiger partial charge in [-0.2, -0.15) is 0 Å². The van der Waals surface area contributed by atoms with Crippen LogP contribution in [0.2, 0.25) is 0 Å². The molecule has 0 atom stereocenters. The second-order valence-corrected chi connectivity index (χ2v) is 10.5. The van der Waals surface area contributed by atoms with Gasteiger partial charge in [-0.05, 0) is 101 Å². The molecule has 0 saturated carbocycles. The molecule has 0 spiro atoms. The Balaban J connectivity index is 1.35. The smallest absolute Gasteiger partial charge is 0.271 e. The first kappa shape index (κ1) is 27.9. The van der Waals surface area contributed by atoms with E-state index in [4.69, 9.17) is 9.73 Å². The Morgan fingerprint density at radius 1 is 0.829 bits per heavy atom. The summed E-state index contributed by atoms with van der Waals surface area (Å²) in [5.41, 5.74) is 5.75. The molecule has 4 aromatic rings. The molecule has 206 valence electrons. The average Bonchev–Trinajstić information content (AvgIpc) is 3.31. The summed E-state index contributed by atoms with van der Waals surface area (Å²) in [7, 11) is 0. The van der Waals surface area contributed by atoms with Gasteiger partial charge in [0.1, 0.15) is 12.4 Å². The molecule has 5 rings (SSSR count). The molecule has 4 aromatic carbocycles. The molecule has 0 aromatic heterocycles. The molecule has 7 nitrogen and oxygen atoms in total. The van der Waals surface area contributed by atoms with Crippen molar-refractivity contribution in [3.63, 3.8) is 0 Å². The van der Waals surface area contributed by atoms with Gasteiger partial charge in [0.15, 0.2) is 5.17 Å². The van der Waals surface area contributed by atoms with E-state index in [2.05, 4.69) is 26.0 Å². The van der Waals surface area contributed by atoms with Gasteiger partial charge in [-0.1, -0.05) is 50.2 Å². The van der Waals surface area contributed by atoms with Crippen LogP contribution < -0.4 is 9.64 Å². The van der Waals surface area contributed by atoms with Crippen LogP contribution in [0.5, 0.6) is 5.75 Å². The second-order valence-electron chi connectivity index (χ2n) is 9.47. The molecule has 0 radical (unpaired) electrons. The van der Waals surface area contributed by atoms with Crippen molar-refractivity contribution in [3.8, 4) is 5.75 Å². The average molecular weight is 564 g/mol. The van der Waals surface area contributed by atoms with Gasteiger partial charge in [-0.25, -0.2) is 4.99 Å². The van der Waals surface area contributed by atoms with E-state index < -0.39 is 4.92 Å². The number of aliphatic imine (C=N–C) groups is 1. The van der Waals surface area contributed by atoms with Gasteiger partial charge in [0.2, 0.25) is 0 Å². The molecule has 1 aliphatic rings. The Bertz CT molecular complexity index is 1590. The summed E-state index contributed by atoms with van der Waals surface area (Å²) >= 11 is 1.35. The summed E-state index contributed by atoms with van der Waals surface area (Å²) in [6, 6.07) is 29.8. The summed E-state index contributed by atoms with van der Waals surface area (Å²) in [6.45, 7) is 4.51. The van der Waals surface area contributed by atoms with Crippen molar-refractivity contribution in [2.45, 2.75) is 33.3 Å².